The van der Waals surface area contributed by atoms with Crippen molar-refractivity contribution in [1.29, 1.82) is 0 Å². The monoisotopic (exact) mass is 480 g/mol. The first-order valence-electron chi connectivity index (χ1n) is 11.1. The molecule has 1 saturated heterocycles. The van der Waals surface area contributed by atoms with Crippen LogP contribution in [0.3, 0.4) is 0 Å². The van der Waals surface area contributed by atoms with Gasteiger partial charge in [-0.15, -0.1) is 11.3 Å². The third-order valence-electron chi connectivity index (χ3n) is 5.55. The third-order valence-corrected chi connectivity index (χ3v) is 7.07. The van der Waals surface area contributed by atoms with Gasteiger partial charge in [-0.25, -0.2) is 4.98 Å². The number of aromatic nitrogens is 1. The number of hydrogen-bond acceptors (Lipinski definition) is 9. The molecule has 2 aromatic heterocycles. The van der Waals surface area contributed by atoms with Gasteiger partial charge in [0.25, 0.3) is 0 Å². The molecule has 0 aliphatic carbocycles. The van der Waals surface area contributed by atoms with Gasteiger partial charge in [0.2, 0.25) is 5.05 Å². The van der Waals surface area contributed by atoms with Crippen molar-refractivity contribution in [2.75, 3.05) is 65.3 Å². The smallest absolute Gasteiger partial charge is 0.204 e. The van der Waals surface area contributed by atoms with Crippen LogP contribution in [0.1, 0.15) is 36.9 Å². The van der Waals surface area contributed by atoms with Crippen molar-refractivity contribution in [3.63, 3.8) is 0 Å². The molecule has 3 rings (SSSR count). The minimum Gasteiger partial charge on any atom is -0.490 e. The van der Waals surface area contributed by atoms with Crippen molar-refractivity contribution < 1.29 is 14.2 Å². The van der Waals surface area contributed by atoms with Gasteiger partial charge >= 0.3 is 0 Å². The van der Waals surface area contributed by atoms with Gasteiger partial charge in [0, 0.05) is 57.3 Å². The number of nitrogens with two attached hydrogens (primary N) is 1. The van der Waals surface area contributed by atoms with Crippen LogP contribution in [-0.4, -0.2) is 85.0 Å². The Bertz CT molecular complexity index is 947. The summed E-state index contributed by atoms with van der Waals surface area (Å²) in [5, 5.41) is 1.33. The highest BCUT2D eigenvalue weighted by Crippen LogP contribution is 2.40. The maximum atomic E-state index is 6.50. The molecule has 0 bridgehead atoms. The van der Waals surface area contributed by atoms with Gasteiger partial charge in [0.15, 0.2) is 0 Å². The van der Waals surface area contributed by atoms with E-state index in [4.69, 9.17) is 37.1 Å². The maximum absolute atomic E-state index is 6.50. The number of pyridine rings is 1. The molecule has 1 fully saturated rings. The molecule has 0 unspecified atom stereocenters. The lowest BCUT2D eigenvalue weighted by atomic mass is 10.1. The summed E-state index contributed by atoms with van der Waals surface area (Å²) >= 11 is 7.00. The molecule has 0 radical (unpaired) electrons. The van der Waals surface area contributed by atoms with E-state index < -0.39 is 0 Å². The molecule has 0 aromatic carbocycles. The lowest BCUT2D eigenvalue weighted by molar-refractivity contribution is 0.0892. The van der Waals surface area contributed by atoms with E-state index in [-0.39, 0.29) is 5.60 Å². The number of fused-ring (bicyclic) bond motifs is 1. The van der Waals surface area contributed by atoms with Crippen LogP contribution in [-0.2, 0) is 9.47 Å². The van der Waals surface area contributed by atoms with E-state index in [0.29, 0.717) is 17.3 Å². The zero-order valence-corrected chi connectivity index (χ0v) is 21.8. The number of thiocarbonyl (C=S) groups is 1. The fraction of sp³-hybridized carbons (Fsp3) is 0.652. The zero-order chi connectivity index (χ0) is 23.5. The second-order valence-electron chi connectivity index (χ2n) is 9.20. The molecule has 32 heavy (non-hydrogen) atoms. The summed E-state index contributed by atoms with van der Waals surface area (Å²) < 4.78 is 17.3. The highest BCUT2D eigenvalue weighted by atomic mass is 32.1. The van der Waals surface area contributed by atoms with Gasteiger partial charge in [0.05, 0.1) is 18.0 Å². The summed E-state index contributed by atoms with van der Waals surface area (Å²) in [7, 11) is 1.75. The molecule has 2 aromatic rings. The van der Waals surface area contributed by atoms with Crippen molar-refractivity contribution in [3.8, 4) is 5.75 Å². The minimum absolute atomic E-state index is 0.373. The first-order chi connectivity index (χ1) is 15.1. The van der Waals surface area contributed by atoms with E-state index in [9.17, 15) is 0 Å². The number of aryl methyl sites for hydroxylation is 2. The summed E-state index contributed by atoms with van der Waals surface area (Å²) in [5.74, 6) is 0.815. The average Bonchev–Trinajstić information content (AvgIpc) is 3.05. The first-order valence-corrected chi connectivity index (χ1v) is 12.3. The Hall–Kier alpha value is -1.52. The number of hydrogen-bond donors (Lipinski definition) is 1. The number of ether oxygens (including phenoxy) is 3. The molecular formula is C23H36N4O3S2. The topological polar surface area (TPSA) is 73.1 Å². The molecule has 0 atom stereocenters. The summed E-state index contributed by atoms with van der Waals surface area (Å²) in [6.45, 7) is 17.5. The Labute approximate surface area is 200 Å². The minimum atomic E-state index is -0.373. The molecule has 2 N–H and O–H groups in total. The lowest BCUT2D eigenvalue weighted by Crippen LogP contribution is -2.48. The Morgan fingerprint density at radius 2 is 1.69 bits per heavy atom. The van der Waals surface area contributed by atoms with Crippen LogP contribution in [0, 0.1) is 13.8 Å². The van der Waals surface area contributed by atoms with Crippen LogP contribution in [0.2, 0.25) is 0 Å². The number of nitrogens with zero attached hydrogens (tertiary/aromatic N) is 3. The predicted octanol–water partition coefficient (Wildman–Crippen LogP) is 3.63. The average molecular weight is 481 g/mol. The van der Waals surface area contributed by atoms with Crippen LogP contribution in [0.25, 0.3) is 10.2 Å². The number of methoxy groups -OCH3 is 1. The fourth-order valence-corrected chi connectivity index (χ4v) is 5.45. The number of thiophene rings is 1. The first kappa shape index (κ1) is 25.1. The quantitative estimate of drug-likeness (QED) is 0.574. The van der Waals surface area contributed by atoms with Crippen molar-refractivity contribution in [1.82, 2.24) is 14.8 Å². The summed E-state index contributed by atoms with van der Waals surface area (Å²) in [6, 6.07) is 0. The van der Waals surface area contributed by atoms with Crippen molar-refractivity contribution in [3.05, 3.63) is 16.1 Å². The molecule has 178 valence electrons. The van der Waals surface area contributed by atoms with Crippen LogP contribution in [0.15, 0.2) is 0 Å². The van der Waals surface area contributed by atoms with Crippen LogP contribution in [0.5, 0.6) is 5.75 Å². The molecule has 1 aliphatic heterocycles. The number of anilines is 1. The van der Waals surface area contributed by atoms with E-state index in [1.54, 1.807) is 7.11 Å². The molecular weight excluding hydrogens is 444 g/mol. The van der Waals surface area contributed by atoms with E-state index in [1.165, 1.54) is 11.3 Å². The van der Waals surface area contributed by atoms with E-state index >= 15 is 0 Å². The largest absolute Gasteiger partial charge is 0.490 e. The van der Waals surface area contributed by atoms with Crippen molar-refractivity contribution in [2.24, 2.45) is 0 Å². The van der Waals surface area contributed by atoms with E-state index in [0.717, 1.165) is 78.0 Å². The second-order valence-corrected chi connectivity index (χ2v) is 10.6. The van der Waals surface area contributed by atoms with E-state index in [1.807, 2.05) is 34.6 Å². The highest BCUT2D eigenvalue weighted by Gasteiger charge is 2.24. The normalized spacial score (nSPS) is 15.9. The molecule has 7 nitrogen and oxygen atoms in total. The maximum Gasteiger partial charge on any atom is 0.204 e. The zero-order valence-electron chi connectivity index (χ0n) is 20.1. The molecule has 0 saturated carbocycles. The van der Waals surface area contributed by atoms with Gasteiger partial charge < -0.3 is 19.9 Å². The molecule has 9 heteroatoms. The van der Waals surface area contributed by atoms with Crippen molar-refractivity contribution in [2.45, 2.75) is 40.2 Å². The summed E-state index contributed by atoms with van der Waals surface area (Å²) in [5.41, 5.74) is 8.63. The summed E-state index contributed by atoms with van der Waals surface area (Å²) in [6.07, 6.45) is 0. The Balaban J connectivity index is 1.66. The Kier molecular flexibility index (Phi) is 8.32. The fourth-order valence-electron chi connectivity index (χ4n) is 3.88. The van der Waals surface area contributed by atoms with Gasteiger partial charge in [-0.05, 0) is 46.8 Å². The third kappa shape index (κ3) is 6.08. The van der Waals surface area contributed by atoms with E-state index in [2.05, 4.69) is 9.80 Å². The number of rotatable bonds is 8. The molecule has 0 spiro atoms. The highest BCUT2D eigenvalue weighted by molar-refractivity contribution is 7.81. The SMILES string of the molecule is COCCN1CCN(CCOc2c(C)nc3sc(C(=S)OC(C)(C)C)c(N)c3c2C)CC1. The second kappa shape index (κ2) is 10.6. The predicted molar refractivity (Wildman–Crippen MR) is 136 cm³/mol. The molecule has 3 heterocycles. The number of piperazine rings is 1. The van der Waals surface area contributed by atoms with Gasteiger partial charge in [-0.2, -0.15) is 0 Å². The van der Waals surface area contributed by atoms with Crippen LogP contribution in [0.4, 0.5) is 5.69 Å². The van der Waals surface area contributed by atoms with Gasteiger partial charge in [-0.3, -0.25) is 9.80 Å². The van der Waals surface area contributed by atoms with Gasteiger partial charge in [-0.1, -0.05) is 0 Å². The standard InChI is InChI=1S/C23H36N4O3S2/c1-15-17-18(24)20(22(31)30-23(3,4)5)32-21(17)25-16(2)19(15)29-14-12-27-9-7-26(8-10-27)11-13-28-6/h7-14,24H2,1-6H3. The number of nitrogen functional groups attached to an aromatic ring is 1. The summed E-state index contributed by atoms with van der Waals surface area (Å²) in [4.78, 5) is 11.3. The van der Waals surface area contributed by atoms with Crippen molar-refractivity contribution >= 4 is 44.5 Å². The Morgan fingerprint density at radius 1 is 1.09 bits per heavy atom. The molecule has 0 amide bonds. The van der Waals surface area contributed by atoms with Crippen LogP contribution >= 0.6 is 23.6 Å². The Morgan fingerprint density at radius 3 is 2.25 bits per heavy atom. The van der Waals surface area contributed by atoms with Crippen LogP contribution < -0.4 is 10.5 Å². The van der Waals surface area contributed by atoms with Gasteiger partial charge in [0.1, 0.15) is 27.7 Å². The molecule has 1 aliphatic rings. The lowest BCUT2D eigenvalue weighted by Gasteiger charge is -2.34.